The number of benzene rings is 1. The standard InChI is InChI=1S/C23H35N5O5S/c1-3-24-22(29)27(10-9-26-11-15-33-16-12-26)18-21-17-25-23(28(21)13-14-32-2)34(30,31)19-20-7-5-4-6-8-20/h4-8,17H,3,9-16,18-19H2,1-2H3,(H,24,29). The van der Waals surface area contributed by atoms with E-state index < -0.39 is 9.84 Å². The third kappa shape index (κ3) is 7.26. The smallest absolute Gasteiger partial charge is 0.317 e. The third-order valence-corrected chi connectivity index (χ3v) is 7.25. The number of carbonyl (C=O) groups excluding carboxylic acids is 1. The van der Waals surface area contributed by atoms with Gasteiger partial charge in [0.05, 0.1) is 44.0 Å². The van der Waals surface area contributed by atoms with Gasteiger partial charge >= 0.3 is 6.03 Å². The Morgan fingerprint density at radius 3 is 2.62 bits per heavy atom. The van der Waals surface area contributed by atoms with Gasteiger partial charge in [-0.1, -0.05) is 30.3 Å². The zero-order valence-electron chi connectivity index (χ0n) is 20.0. The van der Waals surface area contributed by atoms with Crippen LogP contribution in [0.15, 0.2) is 41.7 Å². The molecule has 10 nitrogen and oxygen atoms in total. The van der Waals surface area contributed by atoms with Crippen LogP contribution in [0.1, 0.15) is 18.2 Å². The highest BCUT2D eigenvalue weighted by Gasteiger charge is 2.26. The molecule has 2 aromatic rings. The van der Waals surface area contributed by atoms with E-state index >= 15 is 0 Å². The molecule has 0 aliphatic carbocycles. The Bertz CT molecular complexity index is 1010. The monoisotopic (exact) mass is 493 g/mol. The minimum absolute atomic E-state index is 0.00701. The lowest BCUT2D eigenvalue weighted by molar-refractivity contribution is 0.0346. The maximum atomic E-state index is 13.2. The summed E-state index contributed by atoms with van der Waals surface area (Å²) in [6.45, 7) is 7.53. The van der Waals surface area contributed by atoms with Gasteiger partial charge in [-0.05, 0) is 12.5 Å². The molecule has 1 aliphatic rings. The summed E-state index contributed by atoms with van der Waals surface area (Å²) in [5, 5.41) is 2.85. The molecule has 1 fully saturated rings. The van der Waals surface area contributed by atoms with Crippen molar-refractivity contribution in [3.05, 3.63) is 47.8 Å². The summed E-state index contributed by atoms with van der Waals surface area (Å²) in [6, 6.07) is 8.84. The van der Waals surface area contributed by atoms with Gasteiger partial charge in [-0.25, -0.2) is 18.2 Å². The van der Waals surface area contributed by atoms with Gasteiger partial charge in [0.25, 0.3) is 0 Å². The molecule has 1 aliphatic heterocycles. The van der Waals surface area contributed by atoms with Crippen molar-refractivity contribution in [2.24, 2.45) is 0 Å². The average molecular weight is 494 g/mol. The van der Waals surface area contributed by atoms with Crippen LogP contribution < -0.4 is 5.32 Å². The van der Waals surface area contributed by atoms with Crippen LogP contribution >= 0.6 is 0 Å². The van der Waals surface area contributed by atoms with Crippen LogP contribution in [0.3, 0.4) is 0 Å². The highest BCUT2D eigenvalue weighted by Crippen LogP contribution is 2.19. The highest BCUT2D eigenvalue weighted by atomic mass is 32.2. The van der Waals surface area contributed by atoms with Crippen LogP contribution in [0.4, 0.5) is 4.79 Å². The second kappa shape index (κ2) is 12.8. The van der Waals surface area contributed by atoms with Crippen LogP contribution in [0.25, 0.3) is 0 Å². The molecule has 0 bridgehead atoms. The first kappa shape index (κ1) is 26.1. The molecule has 11 heteroatoms. The molecule has 1 aromatic carbocycles. The lowest BCUT2D eigenvalue weighted by Crippen LogP contribution is -2.46. The number of imidazole rings is 1. The normalized spacial score (nSPS) is 14.8. The topological polar surface area (TPSA) is 106 Å². The van der Waals surface area contributed by atoms with Crippen molar-refractivity contribution in [2.45, 2.75) is 30.9 Å². The maximum Gasteiger partial charge on any atom is 0.317 e. The van der Waals surface area contributed by atoms with Crippen molar-refractivity contribution in [1.29, 1.82) is 0 Å². The number of urea groups is 1. The van der Waals surface area contributed by atoms with Gasteiger partial charge in [0.1, 0.15) is 0 Å². The molecule has 2 heterocycles. The Kier molecular flexibility index (Phi) is 9.87. The lowest BCUT2D eigenvalue weighted by Gasteiger charge is -2.30. The first-order valence-electron chi connectivity index (χ1n) is 11.6. The maximum absolute atomic E-state index is 13.2. The number of morpholine rings is 1. The number of ether oxygens (including phenoxy) is 2. The Balaban J connectivity index is 1.82. The van der Waals surface area contributed by atoms with Crippen LogP contribution in [-0.4, -0.2) is 93.5 Å². The molecule has 0 radical (unpaired) electrons. The number of carbonyl (C=O) groups is 1. The number of sulfone groups is 1. The summed E-state index contributed by atoms with van der Waals surface area (Å²) in [4.78, 5) is 21.0. The summed E-state index contributed by atoms with van der Waals surface area (Å²) in [5.74, 6) is -0.145. The first-order chi connectivity index (χ1) is 16.4. The van der Waals surface area contributed by atoms with E-state index in [2.05, 4.69) is 15.2 Å². The Labute approximate surface area is 201 Å². The Hall–Kier alpha value is -2.47. The molecule has 0 saturated carbocycles. The Morgan fingerprint density at radius 2 is 1.94 bits per heavy atom. The van der Waals surface area contributed by atoms with E-state index in [1.165, 1.54) is 0 Å². The number of aromatic nitrogens is 2. The van der Waals surface area contributed by atoms with Crippen LogP contribution in [0.5, 0.6) is 0 Å². The van der Waals surface area contributed by atoms with E-state index in [1.807, 2.05) is 25.1 Å². The van der Waals surface area contributed by atoms with Gasteiger partial charge < -0.3 is 24.3 Å². The number of hydrogen-bond acceptors (Lipinski definition) is 7. The second-order valence-electron chi connectivity index (χ2n) is 8.13. The van der Waals surface area contributed by atoms with Crippen LogP contribution in [0.2, 0.25) is 0 Å². The molecule has 2 amide bonds. The van der Waals surface area contributed by atoms with E-state index in [9.17, 15) is 13.2 Å². The number of amides is 2. The number of nitrogens with zero attached hydrogens (tertiary/aromatic N) is 4. The van der Waals surface area contributed by atoms with Gasteiger partial charge in [0, 0.05) is 46.4 Å². The Morgan fingerprint density at radius 1 is 1.21 bits per heavy atom. The van der Waals surface area contributed by atoms with Gasteiger partial charge in [-0.15, -0.1) is 0 Å². The minimum Gasteiger partial charge on any atom is -0.383 e. The van der Waals surface area contributed by atoms with Crippen LogP contribution in [-0.2, 0) is 38.2 Å². The fraction of sp³-hybridized carbons (Fsp3) is 0.565. The fourth-order valence-corrected chi connectivity index (χ4v) is 5.36. The molecule has 0 unspecified atom stereocenters. The molecule has 3 rings (SSSR count). The van der Waals surface area contributed by atoms with Gasteiger partial charge in [-0.2, -0.15) is 0 Å². The van der Waals surface area contributed by atoms with Gasteiger partial charge in [-0.3, -0.25) is 4.90 Å². The van der Waals surface area contributed by atoms with Crippen molar-refractivity contribution in [3.8, 4) is 0 Å². The van der Waals surface area contributed by atoms with E-state index in [0.29, 0.717) is 57.3 Å². The summed E-state index contributed by atoms with van der Waals surface area (Å²) >= 11 is 0. The average Bonchev–Trinajstić information content (AvgIpc) is 3.25. The predicted molar refractivity (Wildman–Crippen MR) is 128 cm³/mol. The number of rotatable bonds is 12. The van der Waals surface area contributed by atoms with E-state index in [4.69, 9.17) is 9.47 Å². The molecular weight excluding hydrogens is 458 g/mol. The zero-order chi connectivity index (χ0) is 24.4. The van der Waals surface area contributed by atoms with Crippen molar-refractivity contribution in [1.82, 2.24) is 24.7 Å². The van der Waals surface area contributed by atoms with Crippen LogP contribution in [0, 0.1) is 0 Å². The number of nitrogens with one attached hydrogen (secondary N) is 1. The summed E-state index contributed by atoms with van der Waals surface area (Å²) < 4.78 is 38.7. The second-order valence-corrected chi connectivity index (χ2v) is 10.0. The lowest BCUT2D eigenvalue weighted by atomic mass is 10.2. The fourth-order valence-electron chi connectivity index (χ4n) is 3.84. The van der Waals surface area contributed by atoms with Crippen molar-refractivity contribution in [3.63, 3.8) is 0 Å². The molecule has 1 saturated heterocycles. The molecule has 1 aromatic heterocycles. The summed E-state index contributed by atoms with van der Waals surface area (Å²) in [6.07, 6.45) is 1.55. The van der Waals surface area contributed by atoms with Gasteiger partial charge in [0.15, 0.2) is 0 Å². The summed E-state index contributed by atoms with van der Waals surface area (Å²) in [5.41, 5.74) is 1.34. The molecule has 34 heavy (non-hydrogen) atoms. The molecule has 0 spiro atoms. The van der Waals surface area contributed by atoms with Crippen molar-refractivity contribution >= 4 is 15.9 Å². The predicted octanol–water partition coefficient (Wildman–Crippen LogP) is 1.37. The first-order valence-corrected chi connectivity index (χ1v) is 13.2. The molecule has 0 atom stereocenters. The quantitative estimate of drug-likeness (QED) is 0.476. The number of methoxy groups -OCH3 is 1. The van der Waals surface area contributed by atoms with E-state index in [0.717, 1.165) is 13.1 Å². The van der Waals surface area contributed by atoms with Gasteiger partial charge in [0.2, 0.25) is 15.0 Å². The third-order valence-electron chi connectivity index (χ3n) is 5.66. The number of hydrogen-bond donors (Lipinski definition) is 1. The zero-order valence-corrected chi connectivity index (χ0v) is 20.8. The summed E-state index contributed by atoms with van der Waals surface area (Å²) in [7, 11) is -2.13. The van der Waals surface area contributed by atoms with E-state index in [-0.39, 0.29) is 23.5 Å². The molecular formula is C23H35N5O5S. The van der Waals surface area contributed by atoms with Crippen molar-refractivity contribution < 1.29 is 22.7 Å². The van der Waals surface area contributed by atoms with E-state index in [1.54, 1.807) is 34.9 Å². The van der Waals surface area contributed by atoms with Crippen molar-refractivity contribution in [2.75, 3.05) is 59.7 Å². The SMILES string of the molecule is CCNC(=O)N(CCN1CCOCC1)Cc1cnc(S(=O)(=O)Cc2ccccc2)n1CCOC. The molecule has 188 valence electrons. The molecule has 1 N–H and O–H groups in total. The largest absolute Gasteiger partial charge is 0.383 e. The highest BCUT2D eigenvalue weighted by molar-refractivity contribution is 7.90. The minimum atomic E-state index is -3.69.